The Morgan fingerprint density at radius 2 is 1.91 bits per heavy atom. The van der Waals surface area contributed by atoms with Crippen molar-refractivity contribution in [2.24, 2.45) is 5.92 Å². The molecule has 1 saturated heterocycles. The average molecular weight is 459 g/mol. The van der Waals surface area contributed by atoms with Gasteiger partial charge in [0, 0.05) is 66.1 Å². The van der Waals surface area contributed by atoms with Crippen molar-refractivity contribution in [2.45, 2.75) is 45.6 Å². The van der Waals surface area contributed by atoms with Crippen molar-refractivity contribution in [1.82, 2.24) is 9.47 Å². The Hall–Kier alpha value is -3.61. The smallest absolute Gasteiger partial charge is 0.339 e. The van der Waals surface area contributed by atoms with Crippen molar-refractivity contribution in [3.63, 3.8) is 0 Å². The number of carbonyl (C=O) groups excluding carboxylic acids is 1. The fraction of sp³-hybridized carbons (Fsp3) is 0.370. The first-order valence-corrected chi connectivity index (χ1v) is 11.8. The number of carbonyl (C=O) groups is 1. The van der Waals surface area contributed by atoms with Gasteiger partial charge in [0.15, 0.2) is 0 Å². The number of nitrogens with zero attached hydrogens (tertiary/aromatic N) is 2. The van der Waals surface area contributed by atoms with Gasteiger partial charge in [-0.1, -0.05) is 6.07 Å². The summed E-state index contributed by atoms with van der Waals surface area (Å²) in [6.07, 6.45) is 3.29. The minimum atomic E-state index is -0.399. The van der Waals surface area contributed by atoms with Crippen LogP contribution >= 0.6 is 0 Å². The number of hydrogen-bond acceptors (Lipinski definition) is 5. The Morgan fingerprint density at radius 3 is 2.76 bits per heavy atom. The zero-order valence-electron chi connectivity index (χ0n) is 19.3. The van der Waals surface area contributed by atoms with E-state index in [1.807, 2.05) is 35.4 Å². The average Bonchev–Trinajstić information content (AvgIpc) is 3.18. The van der Waals surface area contributed by atoms with E-state index < -0.39 is 5.63 Å². The first kappa shape index (κ1) is 21.0. The molecule has 34 heavy (non-hydrogen) atoms. The first-order chi connectivity index (χ1) is 16.4. The van der Waals surface area contributed by atoms with Gasteiger partial charge in [0.25, 0.3) is 5.56 Å². The third kappa shape index (κ3) is 3.30. The summed E-state index contributed by atoms with van der Waals surface area (Å²) in [6.45, 7) is 5.82. The lowest BCUT2D eigenvalue weighted by molar-refractivity contribution is -0.133. The van der Waals surface area contributed by atoms with Crippen LogP contribution in [0.3, 0.4) is 0 Å². The molecule has 0 saturated carbocycles. The second-order valence-corrected chi connectivity index (χ2v) is 9.75. The molecule has 2 aliphatic heterocycles. The molecular formula is C27H26N2O5. The van der Waals surface area contributed by atoms with E-state index in [4.69, 9.17) is 8.83 Å². The maximum atomic E-state index is 13.2. The van der Waals surface area contributed by atoms with Crippen molar-refractivity contribution in [1.29, 1.82) is 0 Å². The summed E-state index contributed by atoms with van der Waals surface area (Å²) in [5, 5.41) is 1.86. The van der Waals surface area contributed by atoms with E-state index in [9.17, 15) is 14.4 Å². The molecule has 0 N–H and O–H groups in total. The van der Waals surface area contributed by atoms with E-state index in [2.05, 4.69) is 0 Å². The molecule has 3 aromatic heterocycles. The Labute approximate surface area is 195 Å². The molecule has 1 aromatic carbocycles. The molecule has 6 rings (SSSR count). The molecule has 2 aliphatic rings. The molecule has 2 atom stereocenters. The van der Waals surface area contributed by atoms with Crippen LogP contribution in [0, 0.1) is 19.8 Å². The summed E-state index contributed by atoms with van der Waals surface area (Å²) in [7, 11) is 0. The molecule has 4 aromatic rings. The van der Waals surface area contributed by atoms with Gasteiger partial charge in [-0.2, -0.15) is 0 Å². The second kappa shape index (κ2) is 7.72. The van der Waals surface area contributed by atoms with Crippen LogP contribution < -0.4 is 11.2 Å². The number of aromatic nitrogens is 1. The minimum Gasteiger partial charge on any atom is -0.464 e. The predicted octanol–water partition coefficient (Wildman–Crippen LogP) is 3.90. The number of likely N-dealkylation sites (tertiary alicyclic amines) is 1. The van der Waals surface area contributed by atoms with Gasteiger partial charge in [-0.3, -0.25) is 9.59 Å². The number of hydrogen-bond donors (Lipinski definition) is 0. The lowest BCUT2D eigenvalue weighted by Gasteiger charge is -2.42. The third-order valence-electron chi connectivity index (χ3n) is 7.60. The van der Waals surface area contributed by atoms with Gasteiger partial charge in [0.05, 0.1) is 6.26 Å². The van der Waals surface area contributed by atoms with Gasteiger partial charge in [-0.15, -0.1) is 0 Å². The third-order valence-corrected chi connectivity index (χ3v) is 7.60. The Morgan fingerprint density at radius 1 is 1.06 bits per heavy atom. The molecule has 0 aliphatic carbocycles. The molecule has 0 unspecified atom stereocenters. The molecule has 1 amide bonds. The fourth-order valence-corrected chi connectivity index (χ4v) is 5.82. The summed E-state index contributed by atoms with van der Waals surface area (Å²) in [4.78, 5) is 40.1. The molecule has 7 heteroatoms. The van der Waals surface area contributed by atoms with Gasteiger partial charge in [0.1, 0.15) is 11.2 Å². The molecule has 0 radical (unpaired) electrons. The summed E-state index contributed by atoms with van der Waals surface area (Å²) in [6, 6.07) is 9.16. The van der Waals surface area contributed by atoms with Gasteiger partial charge in [-0.25, -0.2) is 4.79 Å². The zero-order valence-corrected chi connectivity index (χ0v) is 19.3. The highest BCUT2D eigenvalue weighted by molar-refractivity contribution is 5.96. The molecule has 5 heterocycles. The van der Waals surface area contributed by atoms with Crippen LogP contribution in [-0.2, 0) is 17.8 Å². The topological polar surface area (TPSA) is 85.7 Å². The van der Waals surface area contributed by atoms with Crippen LogP contribution in [0.4, 0.5) is 0 Å². The SMILES string of the molecule is Cc1coc2cc3oc(=O)c(CCC(=O)N4C[C@@H]5C[C@H](C4)c4cccc(=O)n4C5)c(C)c3cc12. The number of rotatable bonds is 3. The summed E-state index contributed by atoms with van der Waals surface area (Å²) < 4.78 is 13.0. The number of amides is 1. The summed E-state index contributed by atoms with van der Waals surface area (Å²) in [5.41, 5.74) is 4.28. The molecule has 7 nitrogen and oxygen atoms in total. The maximum Gasteiger partial charge on any atom is 0.339 e. The van der Waals surface area contributed by atoms with Gasteiger partial charge < -0.3 is 18.3 Å². The van der Waals surface area contributed by atoms with Crippen molar-refractivity contribution in [3.8, 4) is 0 Å². The highest BCUT2D eigenvalue weighted by Gasteiger charge is 2.36. The second-order valence-electron chi connectivity index (χ2n) is 9.75. The van der Waals surface area contributed by atoms with Crippen molar-refractivity contribution >= 4 is 27.8 Å². The maximum absolute atomic E-state index is 13.2. The van der Waals surface area contributed by atoms with E-state index in [-0.39, 0.29) is 29.7 Å². The minimum absolute atomic E-state index is 0.0355. The van der Waals surface area contributed by atoms with Crippen LogP contribution in [0.15, 0.2) is 55.0 Å². The van der Waals surface area contributed by atoms with Crippen molar-refractivity contribution in [3.05, 3.63) is 79.8 Å². The Balaban J connectivity index is 1.24. The summed E-state index contributed by atoms with van der Waals surface area (Å²) in [5.74, 6) is 0.503. The predicted molar refractivity (Wildman–Crippen MR) is 128 cm³/mol. The van der Waals surface area contributed by atoms with Crippen molar-refractivity contribution < 1.29 is 13.6 Å². The number of pyridine rings is 1. The quantitative estimate of drug-likeness (QED) is 0.435. The number of piperidine rings is 1. The van der Waals surface area contributed by atoms with Crippen LogP contribution in [0.2, 0.25) is 0 Å². The molecule has 2 bridgehead atoms. The molecule has 0 spiro atoms. The Kier molecular flexibility index (Phi) is 4.76. The van der Waals surface area contributed by atoms with E-state index >= 15 is 0 Å². The van der Waals surface area contributed by atoms with E-state index in [1.54, 1.807) is 24.5 Å². The van der Waals surface area contributed by atoms with Gasteiger partial charge in [0.2, 0.25) is 5.91 Å². The van der Waals surface area contributed by atoms with E-state index in [0.29, 0.717) is 42.8 Å². The Bertz CT molecular complexity index is 1570. The van der Waals surface area contributed by atoms with Crippen LogP contribution in [-0.4, -0.2) is 28.5 Å². The highest BCUT2D eigenvalue weighted by atomic mass is 16.4. The lowest BCUT2D eigenvalue weighted by Crippen LogP contribution is -2.49. The van der Waals surface area contributed by atoms with Crippen LogP contribution in [0.5, 0.6) is 0 Å². The number of aryl methyl sites for hydroxylation is 2. The molecular weight excluding hydrogens is 432 g/mol. The number of fused-ring (bicyclic) bond motifs is 6. The monoisotopic (exact) mass is 458 g/mol. The zero-order chi connectivity index (χ0) is 23.6. The fourth-order valence-electron chi connectivity index (χ4n) is 5.82. The van der Waals surface area contributed by atoms with E-state index in [1.165, 1.54) is 0 Å². The van der Waals surface area contributed by atoms with Gasteiger partial charge >= 0.3 is 5.63 Å². The summed E-state index contributed by atoms with van der Waals surface area (Å²) >= 11 is 0. The van der Waals surface area contributed by atoms with Crippen LogP contribution in [0.1, 0.15) is 41.1 Å². The van der Waals surface area contributed by atoms with Crippen molar-refractivity contribution in [2.75, 3.05) is 13.1 Å². The number of furan rings is 1. The standard InChI is InChI=1S/C27H26N2O5/c1-15-14-33-23-10-24-21(9-20(15)23)16(2)19(27(32)34-24)6-7-25(30)28-11-17-8-18(13-28)22-4-3-5-26(31)29(22)12-17/h3-5,9-10,14,17-18H,6-8,11-13H2,1-2H3/t17-,18+/m0/s1. The first-order valence-electron chi connectivity index (χ1n) is 11.8. The largest absolute Gasteiger partial charge is 0.464 e. The normalized spacial score (nSPS) is 19.5. The lowest BCUT2D eigenvalue weighted by atomic mass is 9.83. The number of benzene rings is 1. The van der Waals surface area contributed by atoms with Crippen LogP contribution in [0.25, 0.3) is 21.9 Å². The molecule has 174 valence electrons. The highest BCUT2D eigenvalue weighted by Crippen LogP contribution is 2.35. The molecule has 1 fully saturated rings. The van der Waals surface area contributed by atoms with E-state index in [0.717, 1.165) is 34.0 Å². The van der Waals surface area contributed by atoms with Gasteiger partial charge in [-0.05, 0) is 55.9 Å².